The van der Waals surface area contributed by atoms with Gasteiger partial charge in [-0.25, -0.2) is 4.39 Å². The number of hydrogen-bond acceptors (Lipinski definition) is 7. The van der Waals surface area contributed by atoms with Crippen LogP contribution in [0.25, 0.3) is 0 Å². The lowest BCUT2D eigenvalue weighted by Crippen LogP contribution is -2.30. The number of carbonyl (C=O) groups is 2. The molecule has 0 saturated heterocycles. The molecular formula is C24H24FNO7. The molecule has 2 aromatic carbocycles. The van der Waals surface area contributed by atoms with Crippen molar-refractivity contribution in [2.75, 3.05) is 21.3 Å². The highest BCUT2D eigenvalue weighted by Crippen LogP contribution is 2.31. The average molecular weight is 457 g/mol. The van der Waals surface area contributed by atoms with E-state index in [-0.39, 0.29) is 24.6 Å². The zero-order valence-corrected chi connectivity index (χ0v) is 18.4. The van der Waals surface area contributed by atoms with Crippen LogP contribution in [0.1, 0.15) is 34.3 Å². The number of benzene rings is 2. The molecule has 1 unspecified atom stereocenters. The zero-order valence-electron chi connectivity index (χ0n) is 18.4. The zero-order chi connectivity index (χ0) is 23.8. The van der Waals surface area contributed by atoms with Crippen molar-refractivity contribution in [1.82, 2.24) is 5.32 Å². The molecule has 3 rings (SSSR count). The maximum absolute atomic E-state index is 13.0. The van der Waals surface area contributed by atoms with Gasteiger partial charge in [0.15, 0.2) is 17.3 Å². The van der Waals surface area contributed by atoms with Crippen molar-refractivity contribution in [1.29, 1.82) is 0 Å². The molecule has 0 saturated carbocycles. The number of ether oxygens (including phenoxy) is 4. The number of halogens is 1. The lowest BCUT2D eigenvalue weighted by atomic mass is 10.0. The van der Waals surface area contributed by atoms with Gasteiger partial charge in [-0.1, -0.05) is 6.07 Å². The lowest BCUT2D eigenvalue weighted by Gasteiger charge is -2.19. The number of carbonyl (C=O) groups excluding carboxylic acids is 2. The van der Waals surface area contributed by atoms with Crippen LogP contribution < -0.4 is 19.5 Å². The van der Waals surface area contributed by atoms with E-state index >= 15 is 0 Å². The van der Waals surface area contributed by atoms with Crippen molar-refractivity contribution in [3.05, 3.63) is 77.5 Å². The largest absolute Gasteiger partial charge is 0.493 e. The number of methoxy groups -OCH3 is 3. The van der Waals surface area contributed by atoms with Gasteiger partial charge in [-0.3, -0.25) is 9.59 Å². The van der Waals surface area contributed by atoms with Crippen LogP contribution in [0.4, 0.5) is 4.39 Å². The molecule has 33 heavy (non-hydrogen) atoms. The minimum atomic E-state index is -0.700. The molecule has 1 heterocycles. The Kier molecular flexibility index (Phi) is 7.91. The molecule has 1 atom stereocenters. The van der Waals surface area contributed by atoms with Crippen molar-refractivity contribution in [2.45, 2.75) is 19.1 Å². The van der Waals surface area contributed by atoms with Crippen molar-refractivity contribution >= 4 is 11.9 Å². The molecule has 0 spiro atoms. The summed E-state index contributed by atoms with van der Waals surface area (Å²) in [7, 11) is 4.28. The maximum Gasteiger partial charge on any atom is 0.307 e. The molecule has 0 aliphatic rings. The predicted molar refractivity (Wildman–Crippen MR) is 116 cm³/mol. The first-order valence-electron chi connectivity index (χ1n) is 10.00. The molecule has 0 fully saturated rings. The minimum Gasteiger partial charge on any atom is -0.493 e. The average Bonchev–Trinajstić information content (AvgIpc) is 3.32. The summed E-state index contributed by atoms with van der Waals surface area (Å²) in [5.41, 5.74) is 0.623. The van der Waals surface area contributed by atoms with Crippen LogP contribution in [-0.2, 0) is 16.1 Å². The SMILES string of the molecule is COC(=O)CC(NC(=O)c1ccc(COc2ccc(F)cc2)o1)c1ccc(OC)c(OC)c1. The van der Waals surface area contributed by atoms with E-state index in [1.165, 1.54) is 51.7 Å². The Hall–Kier alpha value is -4.01. The van der Waals surface area contributed by atoms with Gasteiger partial charge in [-0.2, -0.15) is 0 Å². The fraction of sp³-hybridized carbons (Fsp3) is 0.250. The van der Waals surface area contributed by atoms with E-state index in [2.05, 4.69) is 5.32 Å². The van der Waals surface area contributed by atoms with Gasteiger partial charge in [0.2, 0.25) is 0 Å². The second kappa shape index (κ2) is 11.0. The molecule has 9 heteroatoms. The van der Waals surface area contributed by atoms with Crippen molar-refractivity contribution in [2.24, 2.45) is 0 Å². The van der Waals surface area contributed by atoms with Crippen LogP contribution in [0.5, 0.6) is 17.2 Å². The second-order valence-corrected chi connectivity index (χ2v) is 6.93. The molecule has 0 aliphatic heterocycles. The van der Waals surface area contributed by atoms with Gasteiger partial charge in [0.05, 0.1) is 33.8 Å². The minimum absolute atomic E-state index is 0.0445. The third kappa shape index (κ3) is 6.25. The first-order chi connectivity index (χ1) is 15.9. The van der Waals surface area contributed by atoms with Gasteiger partial charge in [-0.05, 0) is 54.1 Å². The van der Waals surface area contributed by atoms with Crippen molar-refractivity contribution < 1.29 is 37.3 Å². The number of rotatable bonds is 10. The number of hydrogen-bond donors (Lipinski definition) is 1. The van der Waals surface area contributed by atoms with E-state index in [9.17, 15) is 14.0 Å². The summed E-state index contributed by atoms with van der Waals surface area (Å²) < 4.78 is 39.4. The predicted octanol–water partition coefficient (Wildman–Crippen LogP) is 4.05. The number of furan rings is 1. The highest BCUT2D eigenvalue weighted by atomic mass is 19.1. The second-order valence-electron chi connectivity index (χ2n) is 6.93. The molecule has 174 valence electrons. The van der Waals surface area contributed by atoms with Gasteiger partial charge in [0.1, 0.15) is 23.9 Å². The molecule has 3 aromatic rings. The Morgan fingerprint density at radius 3 is 2.36 bits per heavy atom. The molecular weight excluding hydrogens is 433 g/mol. The quantitative estimate of drug-likeness (QED) is 0.459. The van der Waals surface area contributed by atoms with Crippen LogP contribution in [-0.4, -0.2) is 33.2 Å². The molecule has 1 N–H and O–H groups in total. The summed E-state index contributed by atoms with van der Waals surface area (Å²) in [6.45, 7) is 0.0557. The smallest absolute Gasteiger partial charge is 0.307 e. The van der Waals surface area contributed by atoms with Gasteiger partial charge in [-0.15, -0.1) is 0 Å². The van der Waals surface area contributed by atoms with Gasteiger partial charge in [0.25, 0.3) is 5.91 Å². The third-order valence-corrected chi connectivity index (χ3v) is 4.79. The monoisotopic (exact) mass is 457 g/mol. The molecule has 1 amide bonds. The first kappa shape index (κ1) is 23.6. The lowest BCUT2D eigenvalue weighted by molar-refractivity contribution is -0.141. The Morgan fingerprint density at radius 1 is 0.970 bits per heavy atom. The van der Waals surface area contributed by atoms with E-state index < -0.39 is 17.9 Å². The fourth-order valence-corrected chi connectivity index (χ4v) is 3.06. The van der Waals surface area contributed by atoms with Crippen LogP contribution in [0.2, 0.25) is 0 Å². The van der Waals surface area contributed by atoms with Crippen LogP contribution in [0, 0.1) is 5.82 Å². The molecule has 0 bridgehead atoms. The van der Waals surface area contributed by atoms with Gasteiger partial charge < -0.3 is 28.7 Å². The van der Waals surface area contributed by atoms with Crippen molar-refractivity contribution in [3.63, 3.8) is 0 Å². The van der Waals surface area contributed by atoms with E-state index in [4.69, 9.17) is 23.4 Å². The number of esters is 1. The maximum atomic E-state index is 13.0. The Balaban J connectivity index is 1.71. The highest BCUT2D eigenvalue weighted by Gasteiger charge is 2.23. The first-order valence-corrected chi connectivity index (χ1v) is 10.00. The molecule has 1 aromatic heterocycles. The summed E-state index contributed by atoms with van der Waals surface area (Å²) in [5.74, 6) is 0.497. The summed E-state index contributed by atoms with van der Waals surface area (Å²) in [6, 6.07) is 13.0. The number of amides is 1. The van der Waals surface area contributed by atoms with Crippen LogP contribution in [0.3, 0.4) is 0 Å². The van der Waals surface area contributed by atoms with E-state index in [0.29, 0.717) is 28.6 Å². The topological polar surface area (TPSA) is 96.2 Å². The van der Waals surface area contributed by atoms with Crippen molar-refractivity contribution in [3.8, 4) is 17.2 Å². The molecule has 8 nitrogen and oxygen atoms in total. The van der Waals surface area contributed by atoms with Crippen LogP contribution in [0.15, 0.2) is 59.0 Å². The van der Waals surface area contributed by atoms with Gasteiger partial charge in [0, 0.05) is 0 Å². The van der Waals surface area contributed by atoms with E-state index in [0.717, 1.165) is 0 Å². The van der Waals surface area contributed by atoms with E-state index in [1.807, 2.05) is 0 Å². The molecule has 0 aliphatic carbocycles. The van der Waals surface area contributed by atoms with Crippen LogP contribution >= 0.6 is 0 Å². The summed E-state index contributed by atoms with van der Waals surface area (Å²) in [6.07, 6.45) is -0.0982. The van der Waals surface area contributed by atoms with E-state index in [1.54, 1.807) is 24.3 Å². The summed E-state index contributed by atoms with van der Waals surface area (Å²) in [5, 5.41) is 2.78. The Labute approximate surface area is 190 Å². The van der Waals surface area contributed by atoms with Gasteiger partial charge >= 0.3 is 5.97 Å². The summed E-state index contributed by atoms with van der Waals surface area (Å²) >= 11 is 0. The fourth-order valence-electron chi connectivity index (χ4n) is 3.06. The Morgan fingerprint density at radius 2 is 1.70 bits per heavy atom. The summed E-state index contributed by atoms with van der Waals surface area (Å²) in [4.78, 5) is 24.7. The highest BCUT2D eigenvalue weighted by molar-refractivity contribution is 5.92. The third-order valence-electron chi connectivity index (χ3n) is 4.79. The number of nitrogens with one attached hydrogen (secondary N) is 1. The standard InChI is InChI=1S/C24H24FNO7/c1-29-20-10-4-15(12-22(20)30-2)19(13-23(27)31-3)26-24(28)21-11-9-18(33-21)14-32-17-7-5-16(25)6-8-17/h4-12,19H,13-14H2,1-3H3,(H,26,28). The molecule has 0 radical (unpaired) electrons. The Bertz CT molecular complexity index is 1090. The normalized spacial score (nSPS) is 11.4.